The number of nitrogens with one attached hydrogen (secondary N) is 2. The van der Waals surface area contributed by atoms with Crippen molar-refractivity contribution >= 4 is 23.4 Å². The van der Waals surface area contributed by atoms with Crippen molar-refractivity contribution in [2.24, 2.45) is 0 Å². The lowest BCUT2D eigenvalue weighted by atomic mass is 10.2. The molecule has 0 aliphatic carbocycles. The fourth-order valence-electron chi connectivity index (χ4n) is 1.18. The van der Waals surface area contributed by atoms with E-state index < -0.39 is 17.8 Å². The Morgan fingerprint density at radius 2 is 2.11 bits per heavy atom. The van der Waals surface area contributed by atoms with E-state index in [0.717, 1.165) is 6.07 Å². The topological polar surface area (TPSA) is 87.7 Å². The van der Waals surface area contributed by atoms with Crippen molar-refractivity contribution in [3.05, 3.63) is 24.0 Å². The summed E-state index contributed by atoms with van der Waals surface area (Å²) in [5.74, 6) is -1.03. The molecule has 1 aromatic carbocycles. The van der Waals surface area contributed by atoms with E-state index in [0.29, 0.717) is 0 Å². The number of carbonyl (C=O) groups is 2. The zero-order valence-electron chi connectivity index (χ0n) is 9.70. The molecule has 0 aliphatic rings. The van der Waals surface area contributed by atoms with Gasteiger partial charge in [-0.2, -0.15) is 0 Å². The molecule has 7 heteroatoms. The fourth-order valence-corrected chi connectivity index (χ4v) is 1.18. The van der Waals surface area contributed by atoms with Crippen molar-refractivity contribution in [1.82, 2.24) is 0 Å². The first-order valence-electron chi connectivity index (χ1n) is 5.14. The van der Waals surface area contributed by atoms with Gasteiger partial charge >= 0.3 is 6.09 Å². The molecule has 98 valence electrons. The van der Waals surface area contributed by atoms with Gasteiger partial charge in [0.2, 0.25) is 5.91 Å². The quantitative estimate of drug-likeness (QED) is 0.758. The molecule has 0 radical (unpaired) electrons. The third-order valence-electron chi connectivity index (χ3n) is 1.85. The molecule has 0 atom stereocenters. The average molecular weight is 256 g/mol. The summed E-state index contributed by atoms with van der Waals surface area (Å²) in [4.78, 5) is 22.0. The predicted molar refractivity (Wildman–Crippen MR) is 62.8 cm³/mol. The van der Waals surface area contributed by atoms with E-state index >= 15 is 0 Å². The van der Waals surface area contributed by atoms with Gasteiger partial charge in [0.25, 0.3) is 0 Å². The number of hydrogen-bond acceptors (Lipinski definition) is 4. The minimum atomic E-state index is -0.774. The number of halogens is 1. The molecule has 1 rings (SSSR count). The van der Waals surface area contributed by atoms with Crippen LogP contribution in [0.5, 0.6) is 0 Å². The number of anilines is 2. The van der Waals surface area contributed by atoms with Crippen molar-refractivity contribution in [2.75, 3.05) is 23.8 Å². The number of aliphatic hydroxyl groups is 1. The van der Waals surface area contributed by atoms with Gasteiger partial charge in [0.1, 0.15) is 12.4 Å². The van der Waals surface area contributed by atoms with Gasteiger partial charge in [-0.05, 0) is 18.2 Å². The van der Waals surface area contributed by atoms with Crippen LogP contribution < -0.4 is 10.6 Å². The zero-order valence-corrected chi connectivity index (χ0v) is 9.70. The molecule has 0 saturated carbocycles. The molecule has 0 heterocycles. The fraction of sp³-hybridized carbons (Fsp3) is 0.273. The molecular weight excluding hydrogens is 243 g/mol. The Morgan fingerprint density at radius 1 is 1.39 bits per heavy atom. The first kappa shape index (κ1) is 13.9. The lowest BCUT2D eigenvalue weighted by Gasteiger charge is -2.08. The highest BCUT2D eigenvalue weighted by Gasteiger charge is 2.08. The van der Waals surface area contributed by atoms with Gasteiger partial charge in [0, 0.05) is 12.6 Å². The third kappa shape index (κ3) is 4.38. The largest absolute Gasteiger partial charge is 0.447 e. The molecule has 18 heavy (non-hydrogen) atoms. The van der Waals surface area contributed by atoms with E-state index in [2.05, 4.69) is 15.4 Å². The summed E-state index contributed by atoms with van der Waals surface area (Å²) >= 11 is 0. The van der Waals surface area contributed by atoms with Gasteiger partial charge < -0.3 is 15.2 Å². The van der Waals surface area contributed by atoms with Crippen molar-refractivity contribution in [3.8, 4) is 0 Å². The van der Waals surface area contributed by atoms with E-state index in [-0.39, 0.29) is 24.6 Å². The van der Waals surface area contributed by atoms with Gasteiger partial charge in [0.05, 0.1) is 12.3 Å². The van der Waals surface area contributed by atoms with E-state index in [1.165, 1.54) is 19.1 Å². The van der Waals surface area contributed by atoms with Crippen molar-refractivity contribution in [2.45, 2.75) is 6.92 Å². The predicted octanol–water partition coefficient (Wildman–Crippen LogP) is 1.32. The number of aliphatic hydroxyl groups excluding tert-OH is 1. The highest BCUT2D eigenvalue weighted by molar-refractivity contribution is 5.91. The number of rotatable bonds is 4. The Balaban J connectivity index is 2.72. The maximum absolute atomic E-state index is 13.3. The van der Waals surface area contributed by atoms with E-state index in [4.69, 9.17) is 5.11 Å². The minimum Gasteiger partial charge on any atom is -0.447 e. The van der Waals surface area contributed by atoms with E-state index in [1.54, 1.807) is 0 Å². The van der Waals surface area contributed by atoms with E-state index in [1.807, 2.05) is 0 Å². The van der Waals surface area contributed by atoms with Crippen LogP contribution in [0.25, 0.3) is 0 Å². The molecule has 0 fully saturated rings. The van der Waals surface area contributed by atoms with Crippen LogP contribution in [0, 0.1) is 5.82 Å². The molecule has 0 aliphatic heterocycles. The molecule has 1 aromatic rings. The second-order valence-corrected chi connectivity index (χ2v) is 3.36. The zero-order chi connectivity index (χ0) is 13.5. The Labute approximate surface area is 103 Å². The number of benzene rings is 1. The molecule has 0 spiro atoms. The van der Waals surface area contributed by atoms with Crippen LogP contribution in [-0.2, 0) is 9.53 Å². The highest BCUT2D eigenvalue weighted by atomic mass is 19.1. The van der Waals surface area contributed by atoms with Crippen LogP contribution in [0.1, 0.15) is 6.92 Å². The summed E-state index contributed by atoms with van der Waals surface area (Å²) in [6, 6.07) is 3.69. The molecular formula is C11H13FN2O4. The summed E-state index contributed by atoms with van der Waals surface area (Å²) in [5.41, 5.74) is 0.227. The van der Waals surface area contributed by atoms with Crippen LogP contribution in [0.3, 0.4) is 0 Å². The first-order valence-corrected chi connectivity index (χ1v) is 5.14. The molecule has 2 amide bonds. The molecule has 0 unspecified atom stereocenters. The lowest BCUT2D eigenvalue weighted by molar-refractivity contribution is -0.114. The number of amides is 2. The Bertz CT molecular complexity index is 451. The average Bonchev–Trinajstić information content (AvgIpc) is 2.30. The van der Waals surface area contributed by atoms with Crippen LogP contribution in [0.4, 0.5) is 20.6 Å². The maximum Gasteiger partial charge on any atom is 0.411 e. The molecule has 0 saturated heterocycles. The van der Waals surface area contributed by atoms with Gasteiger partial charge in [-0.1, -0.05) is 0 Å². The standard InChI is InChI=1S/C11H13FN2O4/c1-7(16)13-10-6-8(2-3-9(10)12)14-11(17)18-5-4-15/h2-3,6,15H,4-5H2,1H3,(H,13,16)(H,14,17). The van der Waals surface area contributed by atoms with Crippen LogP contribution in [-0.4, -0.2) is 30.3 Å². The Hall–Kier alpha value is -2.15. The van der Waals surface area contributed by atoms with Crippen LogP contribution in [0.15, 0.2) is 18.2 Å². The number of carbonyl (C=O) groups excluding carboxylic acids is 2. The van der Waals surface area contributed by atoms with Gasteiger partial charge in [0.15, 0.2) is 0 Å². The highest BCUT2D eigenvalue weighted by Crippen LogP contribution is 2.19. The second-order valence-electron chi connectivity index (χ2n) is 3.36. The van der Waals surface area contributed by atoms with E-state index in [9.17, 15) is 14.0 Å². The normalized spacial score (nSPS) is 9.72. The summed E-state index contributed by atoms with van der Waals surface area (Å²) in [7, 11) is 0. The molecule has 0 aromatic heterocycles. The van der Waals surface area contributed by atoms with Gasteiger partial charge in [-0.25, -0.2) is 9.18 Å². The number of ether oxygens (including phenoxy) is 1. The maximum atomic E-state index is 13.3. The number of hydrogen-bond donors (Lipinski definition) is 3. The molecule has 3 N–H and O–H groups in total. The van der Waals surface area contributed by atoms with Crippen LogP contribution >= 0.6 is 0 Å². The second kappa shape index (κ2) is 6.55. The summed E-state index contributed by atoms with van der Waals surface area (Å²) in [6.45, 7) is 0.828. The Kier molecular flexibility index (Phi) is 5.06. The summed E-state index contributed by atoms with van der Waals surface area (Å²) < 4.78 is 17.8. The van der Waals surface area contributed by atoms with Crippen molar-refractivity contribution < 1.29 is 23.8 Å². The monoisotopic (exact) mass is 256 g/mol. The summed E-state index contributed by atoms with van der Waals surface area (Å²) in [6.07, 6.45) is -0.774. The smallest absolute Gasteiger partial charge is 0.411 e. The Morgan fingerprint density at radius 3 is 2.72 bits per heavy atom. The van der Waals surface area contributed by atoms with Gasteiger partial charge in [-0.15, -0.1) is 0 Å². The van der Waals surface area contributed by atoms with Crippen molar-refractivity contribution in [1.29, 1.82) is 0 Å². The summed E-state index contributed by atoms with van der Waals surface area (Å²) in [5, 5.41) is 13.1. The SMILES string of the molecule is CC(=O)Nc1cc(NC(=O)OCCO)ccc1F. The minimum absolute atomic E-state index is 0.0394. The molecule has 6 nitrogen and oxygen atoms in total. The first-order chi connectivity index (χ1) is 8.52. The molecule has 0 bridgehead atoms. The van der Waals surface area contributed by atoms with Crippen LogP contribution in [0.2, 0.25) is 0 Å². The van der Waals surface area contributed by atoms with Crippen molar-refractivity contribution in [3.63, 3.8) is 0 Å². The lowest BCUT2D eigenvalue weighted by Crippen LogP contribution is -2.16. The third-order valence-corrected chi connectivity index (χ3v) is 1.85. The van der Waals surface area contributed by atoms with Gasteiger partial charge in [-0.3, -0.25) is 10.1 Å².